The van der Waals surface area contributed by atoms with Crippen LogP contribution < -0.4 is 0 Å². The standard InChI is InChI=1S/C15H29/c1-4-5-6-7-8-9-10-11-12-13-14-15(2)3/h5-6H,4,7-14H2,1-3H3. The van der Waals surface area contributed by atoms with E-state index >= 15 is 0 Å². The minimum absolute atomic E-state index is 1.19. The molecule has 0 spiro atoms. The van der Waals surface area contributed by atoms with Gasteiger partial charge in [0.2, 0.25) is 0 Å². The first-order chi connectivity index (χ1) is 7.27. The van der Waals surface area contributed by atoms with Gasteiger partial charge < -0.3 is 0 Å². The van der Waals surface area contributed by atoms with Gasteiger partial charge in [0.15, 0.2) is 0 Å². The predicted molar refractivity (Wildman–Crippen MR) is 71.0 cm³/mol. The van der Waals surface area contributed by atoms with Crippen LogP contribution in [0.25, 0.3) is 0 Å². The summed E-state index contributed by atoms with van der Waals surface area (Å²) in [5, 5.41) is 0. The summed E-state index contributed by atoms with van der Waals surface area (Å²) in [6.45, 7) is 6.67. The summed E-state index contributed by atoms with van der Waals surface area (Å²) in [6, 6.07) is 0. The first-order valence-electron chi connectivity index (χ1n) is 6.71. The third-order valence-corrected chi connectivity index (χ3v) is 2.70. The molecule has 89 valence electrons. The molecule has 0 bridgehead atoms. The molecule has 0 aromatic carbocycles. The summed E-state index contributed by atoms with van der Waals surface area (Å²) < 4.78 is 0. The molecule has 0 fully saturated rings. The highest BCUT2D eigenvalue weighted by Gasteiger charge is 1.94. The van der Waals surface area contributed by atoms with Crippen LogP contribution in [0.3, 0.4) is 0 Å². The fourth-order valence-electron chi connectivity index (χ4n) is 1.73. The maximum absolute atomic E-state index is 2.33. The molecule has 0 atom stereocenters. The van der Waals surface area contributed by atoms with E-state index in [1.807, 2.05) is 0 Å². The van der Waals surface area contributed by atoms with Gasteiger partial charge in [0, 0.05) is 0 Å². The van der Waals surface area contributed by atoms with E-state index in [2.05, 4.69) is 32.9 Å². The SMILES string of the molecule is CCC=CCCCCCCCC[C](C)C. The Bertz CT molecular complexity index is 133. The van der Waals surface area contributed by atoms with E-state index < -0.39 is 0 Å². The Balaban J connectivity index is 2.96. The van der Waals surface area contributed by atoms with E-state index in [0.717, 1.165) is 0 Å². The molecule has 0 N–H and O–H groups in total. The van der Waals surface area contributed by atoms with Crippen molar-refractivity contribution in [3.05, 3.63) is 18.1 Å². The minimum atomic E-state index is 1.19. The molecule has 0 rings (SSSR count). The lowest BCUT2D eigenvalue weighted by Crippen LogP contribution is -1.85. The van der Waals surface area contributed by atoms with Crippen molar-refractivity contribution in [2.45, 2.75) is 78.6 Å². The largest absolute Gasteiger partial charge is 0.0888 e. The molecule has 0 aromatic heterocycles. The number of hydrogen-bond donors (Lipinski definition) is 0. The molecule has 0 aromatic rings. The minimum Gasteiger partial charge on any atom is -0.0888 e. The van der Waals surface area contributed by atoms with Crippen molar-refractivity contribution in [1.82, 2.24) is 0 Å². The van der Waals surface area contributed by atoms with Gasteiger partial charge in [-0.1, -0.05) is 65.0 Å². The second-order valence-electron chi connectivity index (χ2n) is 4.75. The van der Waals surface area contributed by atoms with Gasteiger partial charge in [-0.15, -0.1) is 0 Å². The van der Waals surface area contributed by atoms with Gasteiger partial charge in [0.1, 0.15) is 0 Å². The molecule has 0 amide bonds. The molecule has 1 radical (unpaired) electrons. The summed E-state index contributed by atoms with van der Waals surface area (Å²) in [5.74, 6) is 1.58. The Kier molecular flexibility index (Phi) is 11.6. The van der Waals surface area contributed by atoms with Crippen LogP contribution in [-0.2, 0) is 0 Å². The second kappa shape index (κ2) is 11.8. The van der Waals surface area contributed by atoms with Gasteiger partial charge in [0.05, 0.1) is 0 Å². The number of hydrogen-bond acceptors (Lipinski definition) is 0. The van der Waals surface area contributed by atoms with Crippen LogP contribution >= 0.6 is 0 Å². The van der Waals surface area contributed by atoms with E-state index in [0.29, 0.717) is 0 Å². The smallest absolute Gasteiger partial charge is 0.0303 e. The Labute approximate surface area is 97.2 Å². The molecule has 0 heteroatoms. The average Bonchev–Trinajstić information content (AvgIpc) is 2.20. The van der Waals surface area contributed by atoms with Crippen molar-refractivity contribution >= 4 is 0 Å². The molecule has 0 aliphatic rings. The number of unbranched alkanes of at least 4 members (excludes halogenated alkanes) is 6. The summed E-state index contributed by atoms with van der Waals surface area (Å²) in [5.41, 5.74) is 0. The molecule has 0 aliphatic heterocycles. The van der Waals surface area contributed by atoms with Crippen molar-refractivity contribution < 1.29 is 0 Å². The molecule has 0 saturated heterocycles. The fraction of sp³-hybridized carbons (Fsp3) is 0.800. The van der Waals surface area contributed by atoms with E-state index in [1.165, 1.54) is 57.8 Å². The van der Waals surface area contributed by atoms with E-state index in [9.17, 15) is 0 Å². The van der Waals surface area contributed by atoms with Crippen LogP contribution in [0.15, 0.2) is 12.2 Å². The lowest BCUT2D eigenvalue weighted by Gasteiger charge is -2.03. The van der Waals surface area contributed by atoms with Gasteiger partial charge in [-0.3, -0.25) is 0 Å². The average molecular weight is 209 g/mol. The van der Waals surface area contributed by atoms with Crippen LogP contribution in [0.2, 0.25) is 0 Å². The summed E-state index contributed by atoms with van der Waals surface area (Å²) in [7, 11) is 0. The third-order valence-electron chi connectivity index (χ3n) is 2.70. The lowest BCUT2D eigenvalue weighted by molar-refractivity contribution is 0.585. The Hall–Kier alpha value is -0.260. The Morgan fingerprint density at radius 2 is 1.40 bits per heavy atom. The molecule has 0 nitrogen and oxygen atoms in total. The van der Waals surface area contributed by atoms with E-state index in [1.54, 1.807) is 5.92 Å². The normalized spacial score (nSPS) is 11.7. The molecule has 0 unspecified atom stereocenters. The highest BCUT2D eigenvalue weighted by atomic mass is 14.0. The van der Waals surface area contributed by atoms with Crippen molar-refractivity contribution in [2.75, 3.05) is 0 Å². The maximum atomic E-state index is 2.33. The lowest BCUT2D eigenvalue weighted by atomic mass is 10.0. The van der Waals surface area contributed by atoms with Gasteiger partial charge in [0.25, 0.3) is 0 Å². The van der Waals surface area contributed by atoms with E-state index in [-0.39, 0.29) is 0 Å². The molecular formula is C15H29. The van der Waals surface area contributed by atoms with Crippen LogP contribution in [0, 0.1) is 5.92 Å². The van der Waals surface area contributed by atoms with Gasteiger partial charge in [-0.25, -0.2) is 0 Å². The zero-order valence-electron chi connectivity index (χ0n) is 11.0. The zero-order chi connectivity index (χ0) is 11.4. The third kappa shape index (κ3) is 13.7. The summed E-state index contributed by atoms with van der Waals surface area (Å²) in [4.78, 5) is 0. The van der Waals surface area contributed by atoms with Crippen molar-refractivity contribution in [1.29, 1.82) is 0 Å². The van der Waals surface area contributed by atoms with Crippen LogP contribution in [0.1, 0.15) is 78.6 Å². The van der Waals surface area contributed by atoms with Crippen LogP contribution in [-0.4, -0.2) is 0 Å². The molecule has 0 heterocycles. The van der Waals surface area contributed by atoms with Gasteiger partial charge in [-0.2, -0.15) is 0 Å². The van der Waals surface area contributed by atoms with E-state index in [4.69, 9.17) is 0 Å². The predicted octanol–water partition coefficient (Wildman–Crippen LogP) is 5.69. The molecule has 0 aliphatic carbocycles. The molecular weight excluding hydrogens is 180 g/mol. The Morgan fingerprint density at radius 1 is 0.800 bits per heavy atom. The second-order valence-corrected chi connectivity index (χ2v) is 4.75. The topological polar surface area (TPSA) is 0 Å². The Morgan fingerprint density at radius 3 is 2.00 bits per heavy atom. The highest BCUT2D eigenvalue weighted by molar-refractivity contribution is 4.79. The summed E-state index contributed by atoms with van der Waals surface area (Å²) in [6.07, 6.45) is 16.9. The monoisotopic (exact) mass is 209 g/mol. The zero-order valence-corrected chi connectivity index (χ0v) is 11.0. The number of rotatable bonds is 10. The van der Waals surface area contributed by atoms with Gasteiger partial charge in [-0.05, 0) is 31.6 Å². The highest BCUT2D eigenvalue weighted by Crippen LogP contribution is 2.12. The molecule has 0 saturated carbocycles. The van der Waals surface area contributed by atoms with Crippen molar-refractivity contribution in [2.24, 2.45) is 0 Å². The summed E-state index contributed by atoms with van der Waals surface area (Å²) >= 11 is 0. The first-order valence-corrected chi connectivity index (χ1v) is 6.71. The maximum Gasteiger partial charge on any atom is -0.0303 e. The van der Waals surface area contributed by atoms with Crippen LogP contribution in [0.5, 0.6) is 0 Å². The molecule has 15 heavy (non-hydrogen) atoms. The number of allylic oxidation sites excluding steroid dienone is 2. The van der Waals surface area contributed by atoms with Crippen LogP contribution in [0.4, 0.5) is 0 Å². The quantitative estimate of drug-likeness (QED) is 0.320. The van der Waals surface area contributed by atoms with Gasteiger partial charge >= 0.3 is 0 Å². The van der Waals surface area contributed by atoms with Crippen molar-refractivity contribution in [3.63, 3.8) is 0 Å². The van der Waals surface area contributed by atoms with Crippen molar-refractivity contribution in [3.8, 4) is 0 Å². The first kappa shape index (κ1) is 14.7. The fourth-order valence-corrected chi connectivity index (χ4v) is 1.73.